The molecule has 0 aliphatic carbocycles. The first-order chi connectivity index (χ1) is 7.68. The minimum Gasteiger partial charge on any atom is -0.447 e. The van der Waals surface area contributed by atoms with E-state index in [1.165, 1.54) is 4.88 Å². The lowest BCUT2D eigenvalue weighted by molar-refractivity contribution is 0.157. The molecule has 2 rings (SSSR count). The van der Waals surface area contributed by atoms with E-state index in [4.69, 9.17) is 4.74 Å². The number of nitrogens with zero attached hydrogens (tertiary/aromatic N) is 1. The smallest absolute Gasteiger partial charge is 0.410 e. The van der Waals surface area contributed by atoms with Gasteiger partial charge in [0.25, 0.3) is 0 Å². The van der Waals surface area contributed by atoms with Crippen LogP contribution in [0.5, 0.6) is 0 Å². The molecule has 1 unspecified atom stereocenters. The van der Waals surface area contributed by atoms with E-state index in [1.54, 1.807) is 11.3 Å². The maximum atomic E-state index is 11.6. The second-order valence-electron chi connectivity index (χ2n) is 4.41. The van der Waals surface area contributed by atoms with Gasteiger partial charge in [-0.2, -0.15) is 0 Å². The molecular formula is C12H17NO2S. The molecule has 4 heteroatoms. The van der Waals surface area contributed by atoms with Crippen molar-refractivity contribution in [3.05, 3.63) is 22.4 Å². The van der Waals surface area contributed by atoms with Crippen molar-refractivity contribution in [2.24, 2.45) is 5.92 Å². The highest BCUT2D eigenvalue weighted by Gasteiger charge is 2.34. The average molecular weight is 239 g/mol. The number of carbonyl (C=O) groups is 1. The SMILES string of the molecule is CC(C)C1COC(=O)N1CCc1cccs1. The topological polar surface area (TPSA) is 29.5 Å². The molecule has 1 aliphatic heterocycles. The van der Waals surface area contributed by atoms with Gasteiger partial charge in [-0.15, -0.1) is 11.3 Å². The fraction of sp³-hybridized carbons (Fsp3) is 0.583. The van der Waals surface area contributed by atoms with Crippen LogP contribution in [-0.2, 0) is 11.2 Å². The van der Waals surface area contributed by atoms with Crippen molar-refractivity contribution >= 4 is 17.4 Å². The van der Waals surface area contributed by atoms with Gasteiger partial charge in [-0.1, -0.05) is 19.9 Å². The molecule has 1 aromatic heterocycles. The van der Waals surface area contributed by atoms with Gasteiger partial charge in [-0.3, -0.25) is 0 Å². The van der Waals surface area contributed by atoms with Crippen LogP contribution in [0, 0.1) is 5.92 Å². The number of ether oxygens (including phenoxy) is 1. The maximum Gasteiger partial charge on any atom is 0.410 e. The predicted molar refractivity (Wildman–Crippen MR) is 64.7 cm³/mol. The normalized spacial score (nSPS) is 20.6. The molecule has 0 radical (unpaired) electrons. The second-order valence-corrected chi connectivity index (χ2v) is 5.44. The Morgan fingerprint density at radius 2 is 2.44 bits per heavy atom. The van der Waals surface area contributed by atoms with Gasteiger partial charge in [-0.05, 0) is 23.8 Å². The van der Waals surface area contributed by atoms with Crippen molar-refractivity contribution in [2.75, 3.05) is 13.2 Å². The van der Waals surface area contributed by atoms with E-state index in [1.807, 2.05) is 11.0 Å². The van der Waals surface area contributed by atoms with Crippen LogP contribution in [0.25, 0.3) is 0 Å². The molecular weight excluding hydrogens is 222 g/mol. The fourth-order valence-corrected chi connectivity index (χ4v) is 2.66. The van der Waals surface area contributed by atoms with Crippen molar-refractivity contribution in [1.82, 2.24) is 4.90 Å². The van der Waals surface area contributed by atoms with E-state index in [-0.39, 0.29) is 12.1 Å². The predicted octanol–water partition coefficient (Wildman–Crippen LogP) is 2.77. The molecule has 1 saturated heterocycles. The summed E-state index contributed by atoms with van der Waals surface area (Å²) in [6, 6.07) is 4.39. The summed E-state index contributed by atoms with van der Waals surface area (Å²) in [5.41, 5.74) is 0. The summed E-state index contributed by atoms with van der Waals surface area (Å²) in [5, 5.41) is 2.07. The molecule has 3 nitrogen and oxygen atoms in total. The Hall–Kier alpha value is -1.03. The van der Waals surface area contributed by atoms with Gasteiger partial charge in [0, 0.05) is 11.4 Å². The number of cyclic esters (lactones) is 1. The van der Waals surface area contributed by atoms with E-state index in [0.29, 0.717) is 12.5 Å². The van der Waals surface area contributed by atoms with Crippen LogP contribution in [0.4, 0.5) is 4.79 Å². The third-order valence-electron chi connectivity index (χ3n) is 2.96. The number of carbonyl (C=O) groups excluding carboxylic acids is 1. The molecule has 0 saturated carbocycles. The number of amides is 1. The van der Waals surface area contributed by atoms with Gasteiger partial charge in [0.15, 0.2) is 0 Å². The third kappa shape index (κ3) is 2.38. The lowest BCUT2D eigenvalue weighted by Gasteiger charge is -2.23. The molecule has 1 atom stereocenters. The quantitative estimate of drug-likeness (QED) is 0.808. The Bertz CT molecular complexity index is 348. The Morgan fingerprint density at radius 1 is 1.62 bits per heavy atom. The fourth-order valence-electron chi connectivity index (χ4n) is 1.96. The minimum absolute atomic E-state index is 0.157. The highest BCUT2D eigenvalue weighted by molar-refractivity contribution is 7.09. The van der Waals surface area contributed by atoms with E-state index in [0.717, 1.165) is 13.0 Å². The summed E-state index contributed by atoms with van der Waals surface area (Å²) in [5.74, 6) is 0.454. The zero-order chi connectivity index (χ0) is 11.5. The van der Waals surface area contributed by atoms with Crippen LogP contribution in [-0.4, -0.2) is 30.2 Å². The first kappa shape index (κ1) is 11.5. The monoisotopic (exact) mass is 239 g/mol. The van der Waals surface area contributed by atoms with Crippen LogP contribution in [0.2, 0.25) is 0 Å². The van der Waals surface area contributed by atoms with Crippen LogP contribution in [0.3, 0.4) is 0 Å². The molecule has 0 spiro atoms. The van der Waals surface area contributed by atoms with Gasteiger partial charge in [-0.25, -0.2) is 4.79 Å². The summed E-state index contributed by atoms with van der Waals surface area (Å²) in [4.78, 5) is 14.7. The number of hydrogen-bond acceptors (Lipinski definition) is 3. The summed E-state index contributed by atoms with van der Waals surface area (Å²) >= 11 is 1.74. The van der Waals surface area contributed by atoms with Crippen LogP contribution in [0.1, 0.15) is 18.7 Å². The first-order valence-corrected chi connectivity index (χ1v) is 6.52. The molecule has 0 bridgehead atoms. The summed E-state index contributed by atoms with van der Waals surface area (Å²) in [7, 11) is 0. The summed E-state index contributed by atoms with van der Waals surface area (Å²) < 4.78 is 5.10. The molecule has 1 fully saturated rings. The van der Waals surface area contributed by atoms with Gasteiger partial charge in [0.05, 0.1) is 6.04 Å². The number of hydrogen-bond donors (Lipinski definition) is 0. The lowest BCUT2D eigenvalue weighted by atomic mass is 10.0. The van der Waals surface area contributed by atoms with E-state index in [9.17, 15) is 4.79 Å². The van der Waals surface area contributed by atoms with Crippen molar-refractivity contribution in [3.63, 3.8) is 0 Å². The van der Waals surface area contributed by atoms with Crippen molar-refractivity contribution < 1.29 is 9.53 Å². The Labute approximate surface area is 100 Å². The third-order valence-corrected chi connectivity index (χ3v) is 3.90. The standard InChI is InChI=1S/C12H17NO2S/c1-9(2)11-8-15-12(14)13(11)6-5-10-4-3-7-16-10/h3-4,7,9,11H,5-6,8H2,1-2H3. The van der Waals surface area contributed by atoms with Crippen molar-refractivity contribution in [2.45, 2.75) is 26.3 Å². The Morgan fingerprint density at radius 3 is 3.06 bits per heavy atom. The maximum absolute atomic E-state index is 11.6. The van der Waals surface area contributed by atoms with Gasteiger partial charge >= 0.3 is 6.09 Å². The molecule has 1 aliphatic rings. The molecule has 0 aromatic carbocycles. The molecule has 1 amide bonds. The van der Waals surface area contributed by atoms with Crippen molar-refractivity contribution in [1.29, 1.82) is 0 Å². The molecule has 0 N–H and O–H groups in total. The first-order valence-electron chi connectivity index (χ1n) is 5.64. The highest BCUT2D eigenvalue weighted by atomic mass is 32.1. The van der Waals surface area contributed by atoms with Crippen LogP contribution in [0.15, 0.2) is 17.5 Å². The second kappa shape index (κ2) is 4.87. The molecule has 2 heterocycles. The van der Waals surface area contributed by atoms with Gasteiger partial charge in [0.1, 0.15) is 6.61 Å². The number of thiophene rings is 1. The Kier molecular flexibility index (Phi) is 3.49. The Balaban J connectivity index is 1.94. The van der Waals surface area contributed by atoms with E-state index in [2.05, 4.69) is 25.3 Å². The lowest BCUT2D eigenvalue weighted by Crippen LogP contribution is -2.38. The van der Waals surface area contributed by atoms with E-state index < -0.39 is 0 Å². The van der Waals surface area contributed by atoms with E-state index >= 15 is 0 Å². The molecule has 1 aromatic rings. The summed E-state index contributed by atoms with van der Waals surface area (Å²) in [6.07, 6.45) is 0.769. The number of rotatable bonds is 4. The average Bonchev–Trinajstić information content (AvgIpc) is 2.84. The minimum atomic E-state index is -0.157. The zero-order valence-electron chi connectivity index (χ0n) is 9.68. The highest BCUT2D eigenvalue weighted by Crippen LogP contribution is 2.20. The largest absolute Gasteiger partial charge is 0.447 e. The van der Waals surface area contributed by atoms with Crippen LogP contribution < -0.4 is 0 Å². The van der Waals surface area contributed by atoms with Gasteiger partial charge in [0.2, 0.25) is 0 Å². The van der Waals surface area contributed by atoms with Crippen molar-refractivity contribution in [3.8, 4) is 0 Å². The molecule has 88 valence electrons. The zero-order valence-corrected chi connectivity index (χ0v) is 10.5. The van der Waals surface area contributed by atoms with Gasteiger partial charge < -0.3 is 9.64 Å². The van der Waals surface area contributed by atoms with Crippen LogP contribution >= 0.6 is 11.3 Å². The molecule has 16 heavy (non-hydrogen) atoms. The summed E-state index contributed by atoms with van der Waals surface area (Å²) in [6.45, 7) is 5.57.